The molecule has 0 saturated carbocycles. The lowest BCUT2D eigenvalue weighted by Gasteiger charge is -2.17. The summed E-state index contributed by atoms with van der Waals surface area (Å²) in [6, 6.07) is 5.03. The number of fused-ring (bicyclic) bond motifs is 1. The summed E-state index contributed by atoms with van der Waals surface area (Å²) >= 11 is 0. The molecule has 0 radical (unpaired) electrons. The number of esters is 1. The monoisotopic (exact) mass is 329 g/mol. The maximum Gasteiger partial charge on any atom is 0.343 e. The molecule has 2 aromatic heterocycles. The van der Waals surface area contributed by atoms with Crippen molar-refractivity contribution >= 4 is 5.97 Å². The quantitative estimate of drug-likeness (QED) is 0.834. The molecule has 0 fully saturated rings. The third-order valence-corrected chi connectivity index (χ3v) is 3.94. The number of nitrogens with one attached hydrogen (secondary N) is 1. The zero-order valence-electron chi connectivity index (χ0n) is 13.4. The van der Waals surface area contributed by atoms with Crippen molar-refractivity contribution < 1.29 is 14.3 Å². The zero-order chi connectivity index (χ0) is 16.9. The van der Waals surface area contributed by atoms with Crippen LogP contribution in [0.25, 0.3) is 0 Å². The van der Waals surface area contributed by atoms with Crippen molar-refractivity contribution in [2.75, 3.05) is 20.2 Å². The van der Waals surface area contributed by atoms with Gasteiger partial charge >= 0.3 is 5.97 Å². The molecule has 0 atom stereocenters. The molecule has 3 heterocycles. The van der Waals surface area contributed by atoms with Crippen LogP contribution in [-0.2, 0) is 24.3 Å². The van der Waals surface area contributed by atoms with E-state index < -0.39 is 5.97 Å². The molecule has 7 nitrogen and oxygen atoms in total. The minimum absolute atomic E-state index is 0.178. The van der Waals surface area contributed by atoms with E-state index in [1.807, 2.05) is 6.07 Å². The van der Waals surface area contributed by atoms with Gasteiger partial charge in [0.15, 0.2) is 0 Å². The number of hydrogen-bond donors (Lipinski definition) is 1. The average molecular weight is 329 g/mol. The van der Waals surface area contributed by atoms with Gasteiger partial charge in [0.25, 0.3) is 5.56 Å². The molecule has 0 bridgehead atoms. The van der Waals surface area contributed by atoms with Crippen LogP contribution in [0.15, 0.2) is 35.4 Å². The second kappa shape index (κ2) is 7.27. The highest BCUT2D eigenvalue weighted by molar-refractivity contribution is 5.93. The number of carbonyl (C=O) groups is 1. The van der Waals surface area contributed by atoms with Crippen LogP contribution in [0.4, 0.5) is 0 Å². The Morgan fingerprint density at radius 1 is 1.42 bits per heavy atom. The van der Waals surface area contributed by atoms with E-state index >= 15 is 0 Å². The zero-order valence-corrected chi connectivity index (χ0v) is 13.4. The van der Waals surface area contributed by atoms with E-state index in [2.05, 4.69) is 10.3 Å². The van der Waals surface area contributed by atoms with Crippen LogP contribution in [0.1, 0.15) is 21.6 Å². The standard InChI is InChI=1S/C17H19N3O4/c1-23-17(22)16-13-4-6-18-7-8-20(13)15(21)9-14(16)24-11-12-3-2-5-19-10-12/h2-3,5,9-10,18H,4,6-8,11H2,1H3. The molecule has 0 saturated heterocycles. The smallest absolute Gasteiger partial charge is 0.343 e. The SMILES string of the molecule is COC(=O)c1c(OCc2cccnc2)cc(=O)n2c1CCNCC2. The van der Waals surface area contributed by atoms with Gasteiger partial charge < -0.3 is 19.4 Å². The summed E-state index contributed by atoms with van der Waals surface area (Å²) in [5.41, 5.74) is 1.65. The Morgan fingerprint density at radius 3 is 3.04 bits per heavy atom. The molecule has 0 amide bonds. The van der Waals surface area contributed by atoms with Crippen molar-refractivity contribution in [2.45, 2.75) is 19.6 Å². The Labute approximate surface area is 139 Å². The molecule has 0 aromatic carbocycles. The maximum atomic E-state index is 12.4. The van der Waals surface area contributed by atoms with Gasteiger partial charge in [-0.15, -0.1) is 0 Å². The van der Waals surface area contributed by atoms with Crippen molar-refractivity contribution in [3.8, 4) is 5.75 Å². The Morgan fingerprint density at radius 2 is 2.29 bits per heavy atom. The molecule has 1 N–H and O–H groups in total. The summed E-state index contributed by atoms with van der Waals surface area (Å²) in [4.78, 5) is 28.7. The largest absolute Gasteiger partial charge is 0.488 e. The van der Waals surface area contributed by atoms with Gasteiger partial charge in [-0.2, -0.15) is 0 Å². The number of methoxy groups -OCH3 is 1. The van der Waals surface area contributed by atoms with Crippen LogP contribution in [0.3, 0.4) is 0 Å². The number of rotatable bonds is 4. The van der Waals surface area contributed by atoms with E-state index in [0.717, 1.165) is 5.56 Å². The van der Waals surface area contributed by atoms with Crippen molar-refractivity contribution in [3.05, 3.63) is 57.8 Å². The molecule has 0 unspecified atom stereocenters. The fourth-order valence-corrected chi connectivity index (χ4v) is 2.78. The van der Waals surface area contributed by atoms with E-state index in [9.17, 15) is 9.59 Å². The first-order valence-corrected chi connectivity index (χ1v) is 7.78. The molecule has 3 rings (SSSR count). The van der Waals surface area contributed by atoms with E-state index in [4.69, 9.17) is 9.47 Å². The van der Waals surface area contributed by atoms with Gasteiger partial charge in [0, 0.05) is 55.8 Å². The molecule has 7 heteroatoms. The molecule has 126 valence electrons. The Hall–Kier alpha value is -2.67. The average Bonchev–Trinajstić information content (AvgIpc) is 2.86. The van der Waals surface area contributed by atoms with Gasteiger partial charge in [0.2, 0.25) is 0 Å². The van der Waals surface area contributed by atoms with Crippen LogP contribution >= 0.6 is 0 Å². The van der Waals surface area contributed by atoms with Crippen LogP contribution in [0.2, 0.25) is 0 Å². The van der Waals surface area contributed by atoms with Crippen LogP contribution in [-0.4, -0.2) is 35.7 Å². The molecule has 1 aliphatic rings. The van der Waals surface area contributed by atoms with Crippen LogP contribution < -0.4 is 15.6 Å². The highest BCUT2D eigenvalue weighted by Crippen LogP contribution is 2.24. The number of nitrogens with zero attached hydrogens (tertiary/aromatic N) is 2. The molecule has 0 spiro atoms. The fourth-order valence-electron chi connectivity index (χ4n) is 2.78. The first-order chi connectivity index (χ1) is 11.7. The summed E-state index contributed by atoms with van der Waals surface area (Å²) in [5, 5.41) is 3.22. The molecule has 24 heavy (non-hydrogen) atoms. The van der Waals surface area contributed by atoms with Gasteiger partial charge in [-0.1, -0.05) is 6.07 Å². The normalized spacial score (nSPS) is 13.7. The fraction of sp³-hybridized carbons (Fsp3) is 0.353. The van der Waals surface area contributed by atoms with Crippen molar-refractivity contribution in [3.63, 3.8) is 0 Å². The highest BCUT2D eigenvalue weighted by Gasteiger charge is 2.24. The number of carbonyl (C=O) groups excluding carboxylic acids is 1. The summed E-state index contributed by atoms with van der Waals surface area (Å²) < 4.78 is 12.3. The van der Waals surface area contributed by atoms with Gasteiger partial charge in [-0.25, -0.2) is 4.79 Å². The summed E-state index contributed by atoms with van der Waals surface area (Å²) in [5.74, 6) is -0.245. The third-order valence-electron chi connectivity index (χ3n) is 3.94. The number of pyridine rings is 2. The van der Waals surface area contributed by atoms with Crippen molar-refractivity contribution in [2.24, 2.45) is 0 Å². The second-order valence-corrected chi connectivity index (χ2v) is 5.46. The Kier molecular flexibility index (Phi) is 4.90. The lowest BCUT2D eigenvalue weighted by atomic mass is 10.1. The molecule has 1 aliphatic heterocycles. The lowest BCUT2D eigenvalue weighted by molar-refractivity contribution is 0.0592. The van der Waals surface area contributed by atoms with Crippen molar-refractivity contribution in [1.29, 1.82) is 0 Å². The van der Waals surface area contributed by atoms with Crippen LogP contribution in [0.5, 0.6) is 5.75 Å². The molecular weight excluding hydrogens is 310 g/mol. The maximum absolute atomic E-state index is 12.4. The van der Waals surface area contributed by atoms with Gasteiger partial charge in [-0.3, -0.25) is 9.78 Å². The number of hydrogen-bond acceptors (Lipinski definition) is 6. The molecule has 0 aliphatic carbocycles. The van der Waals surface area contributed by atoms with Crippen molar-refractivity contribution in [1.82, 2.24) is 14.9 Å². The molecular formula is C17H19N3O4. The predicted octanol–water partition coefficient (Wildman–Crippen LogP) is 0.755. The minimum atomic E-state index is -0.498. The first kappa shape index (κ1) is 16.2. The van der Waals surface area contributed by atoms with Gasteiger partial charge in [-0.05, 0) is 6.07 Å². The van der Waals surface area contributed by atoms with E-state index in [0.29, 0.717) is 37.3 Å². The van der Waals surface area contributed by atoms with E-state index in [1.165, 1.54) is 13.2 Å². The second-order valence-electron chi connectivity index (χ2n) is 5.46. The van der Waals surface area contributed by atoms with Gasteiger partial charge in [0.05, 0.1) is 7.11 Å². The number of aromatic nitrogens is 2. The predicted molar refractivity (Wildman–Crippen MR) is 87.2 cm³/mol. The first-order valence-electron chi connectivity index (χ1n) is 7.78. The molecule has 2 aromatic rings. The third kappa shape index (κ3) is 3.30. The van der Waals surface area contributed by atoms with E-state index in [1.54, 1.807) is 23.0 Å². The summed E-state index contributed by atoms with van der Waals surface area (Å²) in [6.07, 6.45) is 3.91. The summed E-state index contributed by atoms with van der Waals surface area (Å²) in [7, 11) is 1.32. The van der Waals surface area contributed by atoms with Gasteiger partial charge in [0.1, 0.15) is 17.9 Å². The topological polar surface area (TPSA) is 82.5 Å². The van der Waals surface area contributed by atoms with Crippen LogP contribution in [0, 0.1) is 0 Å². The Balaban J connectivity index is 2.01. The minimum Gasteiger partial charge on any atom is -0.488 e. The lowest BCUT2D eigenvalue weighted by Crippen LogP contribution is -2.27. The Bertz CT molecular complexity index is 786. The highest BCUT2D eigenvalue weighted by atomic mass is 16.5. The van der Waals surface area contributed by atoms with E-state index in [-0.39, 0.29) is 17.9 Å². The summed E-state index contributed by atoms with van der Waals surface area (Å²) in [6.45, 7) is 2.11. The number of ether oxygens (including phenoxy) is 2.